The molecule has 1 aliphatic heterocycles. The van der Waals surface area contributed by atoms with Crippen molar-refractivity contribution in [2.45, 2.75) is 28.6 Å². The Morgan fingerprint density at radius 3 is 2.53 bits per heavy atom. The number of piperidine rings is 1. The zero-order valence-corrected chi connectivity index (χ0v) is 19.3. The SMILES string of the molecule is CS(=O)(=O)c1ccc(Cl)c(S(=O)(=O)N2CCC[C@H](c3nc(-c4ccc(F)cc4)no3)C2)c1. The summed E-state index contributed by atoms with van der Waals surface area (Å²) >= 11 is 6.12. The summed E-state index contributed by atoms with van der Waals surface area (Å²) in [6, 6.07) is 9.24. The van der Waals surface area contributed by atoms with Crippen LogP contribution in [0.25, 0.3) is 11.4 Å². The van der Waals surface area contributed by atoms with Crippen LogP contribution >= 0.6 is 11.6 Å². The highest BCUT2D eigenvalue weighted by molar-refractivity contribution is 7.91. The van der Waals surface area contributed by atoms with E-state index in [4.69, 9.17) is 16.1 Å². The van der Waals surface area contributed by atoms with Gasteiger partial charge in [-0.3, -0.25) is 0 Å². The molecule has 0 N–H and O–H groups in total. The fraction of sp³-hybridized carbons (Fsp3) is 0.300. The maximum Gasteiger partial charge on any atom is 0.244 e. The van der Waals surface area contributed by atoms with Crippen LogP contribution in [0.4, 0.5) is 4.39 Å². The second-order valence-electron chi connectivity index (χ2n) is 7.53. The van der Waals surface area contributed by atoms with Crippen LogP contribution in [0.2, 0.25) is 5.02 Å². The minimum Gasteiger partial charge on any atom is -0.339 e. The lowest BCUT2D eigenvalue weighted by atomic mass is 10.00. The molecule has 1 saturated heterocycles. The highest BCUT2D eigenvalue weighted by Crippen LogP contribution is 2.33. The summed E-state index contributed by atoms with van der Waals surface area (Å²) in [4.78, 5) is 3.97. The Labute approximate surface area is 190 Å². The Balaban J connectivity index is 1.60. The Morgan fingerprint density at radius 1 is 1.12 bits per heavy atom. The molecule has 1 atom stereocenters. The van der Waals surface area contributed by atoms with Gasteiger partial charge < -0.3 is 4.52 Å². The average molecular weight is 500 g/mol. The van der Waals surface area contributed by atoms with E-state index in [1.807, 2.05) is 0 Å². The Bertz CT molecular complexity index is 1360. The molecule has 1 aliphatic rings. The molecule has 3 aromatic rings. The van der Waals surface area contributed by atoms with Crippen LogP contribution in [-0.2, 0) is 19.9 Å². The molecule has 8 nitrogen and oxygen atoms in total. The molecule has 0 amide bonds. The second-order valence-corrected chi connectivity index (χ2v) is 11.9. The highest BCUT2D eigenvalue weighted by atomic mass is 35.5. The summed E-state index contributed by atoms with van der Waals surface area (Å²) in [6.07, 6.45) is 2.17. The molecular weight excluding hydrogens is 481 g/mol. The monoisotopic (exact) mass is 499 g/mol. The van der Waals surface area contributed by atoms with Gasteiger partial charge in [0.15, 0.2) is 9.84 Å². The second kappa shape index (κ2) is 8.54. The van der Waals surface area contributed by atoms with Gasteiger partial charge in [0.05, 0.1) is 15.8 Å². The minimum absolute atomic E-state index is 0.0593. The van der Waals surface area contributed by atoms with Gasteiger partial charge in [0.25, 0.3) is 0 Å². The maximum absolute atomic E-state index is 13.3. The highest BCUT2D eigenvalue weighted by Gasteiger charge is 2.35. The standard InChI is InChI=1S/C20H19ClFN3O5S2/c1-31(26,27)16-8-9-17(21)18(11-16)32(28,29)25-10-2-3-14(12-25)20-23-19(24-30-20)13-4-6-15(22)7-5-13/h4-9,11,14H,2-3,10,12H2,1H3/t14-/m0/s1. The first kappa shape index (κ1) is 22.8. The third kappa shape index (κ3) is 4.56. The number of nitrogens with zero attached hydrogens (tertiary/aromatic N) is 3. The van der Waals surface area contributed by atoms with Gasteiger partial charge in [-0.1, -0.05) is 16.8 Å². The fourth-order valence-electron chi connectivity index (χ4n) is 3.53. The summed E-state index contributed by atoms with van der Waals surface area (Å²) < 4.78 is 70.0. The predicted octanol–water partition coefficient (Wildman–Crippen LogP) is 3.50. The summed E-state index contributed by atoms with van der Waals surface area (Å²) in [5, 5.41) is 3.87. The number of rotatable bonds is 5. The third-order valence-electron chi connectivity index (χ3n) is 5.23. The first-order valence-electron chi connectivity index (χ1n) is 9.65. The zero-order valence-electron chi connectivity index (χ0n) is 16.9. The van der Waals surface area contributed by atoms with E-state index >= 15 is 0 Å². The molecule has 0 spiro atoms. The summed E-state index contributed by atoms with van der Waals surface area (Å²) in [7, 11) is -7.67. The van der Waals surface area contributed by atoms with E-state index in [2.05, 4.69) is 10.1 Å². The zero-order chi connectivity index (χ0) is 23.1. The van der Waals surface area contributed by atoms with Crippen molar-refractivity contribution >= 4 is 31.5 Å². The number of hydrogen-bond donors (Lipinski definition) is 0. The molecule has 1 aromatic heterocycles. The van der Waals surface area contributed by atoms with Crippen LogP contribution in [0, 0.1) is 5.82 Å². The Hall–Kier alpha value is -2.34. The van der Waals surface area contributed by atoms with Gasteiger partial charge in [-0.2, -0.15) is 9.29 Å². The molecule has 32 heavy (non-hydrogen) atoms. The molecular formula is C20H19ClFN3O5S2. The molecule has 2 heterocycles. The van der Waals surface area contributed by atoms with E-state index in [0.29, 0.717) is 18.4 Å². The van der Waals surface area contributed by atoms with Gasteiger partial charge in [-0.25, -0.2) is 21.2 Å². The Morgan fingerprint density at radius 2 is 1.84 bits per heavy atom. The Kier molecular flexibility index (Phi) is 6.10. The normalized spacial score (nSPS) is 18.0. The lowest BCUT2D eigenvalue weighted by Crippen LogP contribution is -2.39. The predicted molar refractivity (Wildman–Crippen MR) is 115 cm³/mol. The van der Waals surface area contributed by atoms with Crippen LogP contribution in [0.3, 0.4) is 0 Å². The van der Waals surface area contributed by atoms with Crippen LogP contribution in [-0.4, -0.2) is 50.6 Å². The van der Waals surface area contributed by atoms with Crippen molar-refractivity contribution < 1.29 is 25.7 Å². The number of sulfonamides is 1. The fourth-order valence-corrected chi connectivity index (χ4v) is 6.28. The number of hydrogen-bond acceptors (Lipinski definition) is 7. The van der Waals surface area contributed by atoms with Crippen LogP contribution in [0.5, 0.6) is 0 Å². The lowest BCUT2D eigenvalue weighted by molar-refractivity contribution is 0.265. The van der Waals surface area contributed by atoms with Crippen molar-refractivity contribution in [3.05, 3.63) is 59.2 Å². The first-order chi connectivity index (χ1) is 15.1. The number of halogens is 2. The van der Waals surface area contributed by atoms with Crippen molar-refractivity contribution in [1.82, 2.24) is 14.4 Å². The summed E-state index contributed by atoms with van der Waals surface area (Å²) in [5.74, 6) is -0.176. The van der Waals surface area contributed by atoms with Gasteiger partial charge in [0.2, 0.25) is 21.7 Å². The first-order valence-corrected chi connectivity index (χ1v) is 13.4. The topological polar surface area (TPSA) is 110 Å². The molecule has 170 valence electrons. The summed E-state index contributed by atoms with van der Waals surface area (Å²) in [5.41, 5.74) is 0.575. The van der Waals surface area contributed by atoms with E-state index in [9.17, 15) is 21.2 Å². The van der Waals surface area contributed by atoms with Gasteiger partial charge in [0, 0.05) is 24.9 Å². The maximum atomic E-state index is 13.3. The molecule has 12 heteroatoms. The van der Waals surface area contributed by atoms with Crippen molar-refractivity contribution in [3.63, 3.8) is 0 Å². The van der Waals surface area contributed by atoms with Gasteiger partial charge in [0.1, 0.15) is 10.7 Å². The molecule has 1 fully saturated rings. The number of aromatic nitrogens is 2. The van der Waals surface area contributed by atoms with Crippen LogP contribution in [0.15, 0.2) is 56.8 Å². The molecule has 0 bridgehead atoms. The van der Waals surface area contributed by atoms with Crippen LogP contribution < -0.4 is 0 Å². The van der Waals surface area contributed by atoms with Crippen molar-refractivity contribution in [2.75, 3.05) is 19.3 Å². The molecule has 0 aliphatic carbocycles. The molecule has 0 saturated carbocycles. The third-order valence-corrected chi connectivity index (χ3v) is 8.68. The molecule has 4 rings (SSSR count). The number of benzene rings is 2. The minimum atomic E-state index is -4.06. The smallest absolute Gasteiger partial charge is 0.244 e. The van der Waals surface area contributed by atoms with E-state index < -0.39 is 19.9 Å². The molecule has 0 unspecified atom stereocenters. The number of sulfone groups is 1. The lowest BCUT2D eigenvalue weighted by Gasteiger charge is -2.30. The van der Waals surface area contributed by atoms with E-state index in [1.165, 1.54) is 40.7 Å². The molecule has 0 radical (unpaired) electrons. The molecule has 2 aromatic carbocycles. The van der Waals surface area contributed by atoms with Crippen LogP contribution in [0.1, 0.15) is 24.7 Å². The largest absolute Gasteiger partial charge is 0.339 e. The quantitative estimate of drug-likeness (QED) is 0.528. The average Bonchev–Trinajstić information content (AvgIpc) is 3.24. The van der Waals surface area contributed by atoms with E-state index in [0.717, 1.165) is 12.3 Å². The van der Waals surface area contributed by atoms with Crippen molar-refractivity contribution in [3.8, 4) is 11.4 Å². The van der Waals surface area contributed by atoms with Crippen molar-refractivity contribution in [1.29, 1.82) is 0 Å². The van der Waals surface area contributed by atoms with Gasteiger partial charge in [-0.05, 0) is 55.3 Å². The van der Waals surface area contributed by atoms with E-state index in [1.54, 1.807) is 0 Å². The van der Waals surface area contributed by atoms with Gasteiger partial charge >= 0.3 is 0 Å². The summed E-state index contributed by atoms with van der Waals surface area (Å²) in [6.45, 7) is 0.323. The van der Waals surface area contributed by atoms with Crippen molar-refractivity contribution in [2.24, 2.45) is 0 Å². The van der Waals surface area contributed by atoms with Gasteiger partial charge in [-0.15, -0.1) is 0 Å². The van der Waals surface area contributed by atoms with E-state index in [-0.39, 0.29) is 51.4 Å².